The Morgan fingerprint density at radius 3 is 2.12 bits per heavy atom. The van der Waals surface area contributed by atoms with Crippen molar-refractivity contribution in [1.82, 2.24) is 0 Å². The Balaban J connectivity index is 3.83. The van der Waals surface area contributed by atoms with E-state index < -0.39 is 24.9 Å². The van der Waals surface area contributed by atoms with Crippen LogP contribution in [0.2, 0.25) is 4.82 Å². The van der Waals surface area contributed by atoms with Gasteiger partial charge in [-0.05, 0) is 0 Å². The van der Waals surface area contributed by atoms with Crippen molar-refractivity contribution in [3.63, 3.8) is 0 Å². The summed E-state index contributed by atoms with van der Waals surface area (Å²) in [5, 5.41) is 8.02. The molecule has 0 radical (unpaired) electrons. The first-order chi connectivity index (χ1) is 3.55. The van der Waals surface area contributed by atoms with E-state index in [9.17, 15) is 8.63 Å². The number of carboxylic acid groups (broad SMARTS) is 1. The predicted molar refractivity (Wildman–Crippen MR) is 25.7 cm³/mol. The fraction of sp³-hybridized carbons (Fsp3) is 0.667. The average Bonchev–Trinajstić information content (AvgIpc) is 1.64. The van der Waals surface area contributed by atoms with Gasteiger partial charge in [0.1, 0.15) is 0 Å². The van der Waals surface area contributed by atoms with Crippen LogP contribution in [0.25, 0.3) is 0 Å². The van der Waals surface area contributed by atoms with Crippen molar-refractivity contribution in [2.24, 2.45) is 0 Å². The molecule has 0 saturated heterocycles. The van der Waals surface area contributed by atoms with Crippen LogP contribution >= 0.6 is 0 Å². The molecule has 0 aliphatic carbocycles. The van der Waals surface area contributed by atoms with Crippen molar-refractivity contribution < 1.29 is 17.9 Å². The minimum absolute atomic E-state index is 1.09. The molecule has 0 spiro atoms. The zero-order chi connectivity index (χ0) is 6.73. The van der Waals surface area contributed by atoms with Crippen molar-refractivity contribution in [1.29, 1.82) is 0 Å². The van der Waals surface area contributed by atoms with Crippen LogP contribution < -0.4 is 0 Å². The first-order valence-electron chi connectivity index (χ1n) is 1.88. The molecule has 0 bridgehead atoms. The molecule has 2 N–H and O–H groups in total. The summed E-state index contributed by atoms with van der Waals surface area (Å²) in [6, 6.07) is 0. The molecule has 0 aliphatic rings. The molecule has 5 heteroatoms. The summed E-state index contributed by atoms with van der Waals surface area (Å²) in [6.07, 6.45) is 0. The molecule has 0 heterocycles. The number of hydrogen-bond acceptors (Lipinski definition) is 2. The minimum atomic E-state index is -3.06. The van der Waals surface area contributed by atoms with E-state index in [4.69, 9.17) is 9.30 Å². The maximum atomic E-state index is 9.97. The van der Waals surface area contributed by atoms with Crippen molar-refractivity contribution in [3.8, 4) is 0 Å². The SMILES string of the molecule is CC(C(=O)O)[Se](=O)O. The number of aliphatic carboxylic acids is 1. The molecule has 2 atom stereocenters. The van der Waals surface area contributed by atoms with Gasteiger partial charge in [-0.25, -0.2) is 0 Å². The number of hydrogen-bond donors (Lipinski definition) is 2. The standard InChI is InChI=1S/C3H6O4Se/c1-2(3(4)5)8(6)7/h2H,1H3,(H,4,5)(H,6,7). The molecule has 48 valence electrons. The van der Waals surface area contributed by atoms with E-state index in [2.05, 4.69) is 0 Å². The predicted octanol–water partition coefficient (Wildman–Crippen LogP) is -0.628. The van der Waals surface area contributed by atoms with E-state index in [0.717, 1.165) is 0 Å². The van der Waals surface area contributed by atoms with E-state index in [0.29, 0.717) is 0 Å². The second kappa shape index (κ2) is 2.91. The van der Waals surface area contributed by atoms with Crippen molar-refractivity contribution >= 4 is 20.1 Å². The van der Waals surface area contributed by atoms with Crippen LogP contribution in [0.1, 0.15) is 6.92 Å². The van der Waals surface area contributed by atoms with Crippen LogP contribution in [0.15, 0.2) is 0 Å². The number of carbonyl (C=O) groups is 1. The Kier molecular flexibility index (Phi) is 2.82. The molecule has 8 heavy (non-hydrogen) atoms. The number of rotatable bonds is 2. The van der Waals surface area contributed by atoms with E-state index in [1.807, 2.05) is 0 Å². The Morgan fingerprint density at radius 2 is 2.12 bits per heavy atom. The van der Waals surface area contributed by atoms with Crippen molar-refractivity contribution in [2.75, 3.05) is 0 Å². The third-order valence-corrected chi connectivity index (χ3v) is 2.34. The second-order valence-corrected chi connectivity index (χ2v) is 3.90. The summed E-state index contributed by atoms with van der Waals surface area (Å²) in [6.45, 7) is 1.21. The molecule has 0 aromatic heterocycles. The molecular weight excluding hydrogens is 179 g/mol. The summed E-state index contributed by atoms with van der Waals surface area (Å²) < 4.78 is 18.1. The van der Waals surface area contributed by atoms with Crippen LogP contribution in [-0.4, -0.2) is 29.4 Å². The Labute approximate surface area is 50.5 Å². The van der Waals surface area contributed by atoms with Gasteiger partial charge in [0.15, 0.2) is 0 Å². The number of carboxylic acids is 1. The van der Waals surface area contributed by atoms with Gasteiger partial charge in [0.2, 0.25) is 0 Å². The average molecular weight is 185 g/mol. The molecule has 0 saturated carbocycles. The Morgan fingerprint density at radius 1 is 1.75 bits per heavy atom. The molecule has 2 unspecified atom stereocenters. The van der Waals surface area contributed by atoms with Gasteiger partial charge in [-0.2, -0.15) is 0 Å². The van der Waals surface area contributed by atoms with Crippen molar-refractivity contribution in [2.45, 2.75) is 11.7 Å². The summed E-state index contributed by atoms with van der Waals surface area (Å²) >= 11 is -3.06. The van der Waals surface area contributed by atoms with E-state index in [1.165, 1.54) is 6.92 Å². The van der Waals surface area contributed by atoms with Crippen LogP contribution in [-0.2, 0) is 8.63 Å². The normalized spacial score (nSPS) is 17.2. The van der Waals surface area contributed by atoms with E-state index in [1.54, 1.807) is 0 Å². The van der Waals surface area contributed by atoms with Gasteiger partial charge in [-0.1, -0.05) is 0 Å². The van der Waals surface area contributed by atoms with E-state index in [-0.39, 0.29) is 0 Å². The molecule has 0 fully saturated rings. The van der Waals surface area contributed by atoms with Gasteiger partial charge in [0.25, 0.3) is 0 Å². The quantitative estimate of drug-likeness (QED) is 0.561. The third-order valence-electron chi connectivity index (χ3n) is 0.650. The maximum absolute atomic E-state index is 9.97. The topological polar surface area (TPSA) is 74.6 Å². The van der Waals surface area contributed by atoms with Gasteiger partial charge in [0, 0.05) is 0 Å². The summed E-state index contributed by atoms with van der Waals surface area (Å²) in [5.74, 6) is -1.22. The van der Waals surface area contributed by atoms with Gasteiger partial charge in [-0.15, -0.1) is 0 Å². The molecule has 0 amide bonds. The zero-order valence-corrected chi connectivity index (χ0v) is 5.91. The molecule has 0 aliphatic heterocycles. The first-order valence-corrected chi connectivity index (χ1v) is 4.33. The molecule has 0 rings (SSSR count). The fourth-order valence-electron chi connectivity index (χ4n) is 0.0862. The second-order valence-electron chi connectivity index (χ2n) is 1.26. The molecule has 4 nitrogen and oxygen atoms in total. The summed E-state index contributed by atoms with van der Waals surface area (Å²) in [4.78, 5) is 8.72. The van der Waals surface area contributed by atoms with Gasteiger partial charge in [-0.3, -0.25) is 0 Å². The van der Waals surface area contributed by atoms with E-state index >= 15 is 0 Å². The Bertz CT molecular complexity index is 106. The van der Waals surface area contributed by atoms with Gasteiger partial charge >= 0.3 is 49.8 Å². The summed E-state index contributed by atoms with van der Waals surface area (Å²) in [5.41, 5.74) is 0. The van der Waals surface area contributed by atoms with Crippen LogP contribution in [0.3, 0.4) is 0 Å². The third kappa shape index (κ3) is 2.16. The fourth-order valence-corrected chi connectivity index (χ4v) is 0.448. The van der Waals surface area contributed by atoms with Crippen molar-refractivity contribution in [3.05, 3.63) is 0 Å². The monoisotopic (exact) mass is 186 g/mol. The van der Waals surface area contributed by atoms with Gasteiger partial charge in [0.05, 0.1) is 0 Å². The van der Waals surface area contributed by atoms with Crippen LogP contribution in [0.5, 0.6) is 0 Å². The van der Waals surface area contributed by atoms with Gasteiger partial charge < -0.3 is 0 Å². The summed E-state index contributed by atoms with van der Waals surface area (Å²) in [7, 11) is 0. The molecule has 0 aromatic rings. The first kappa shape index (κ1) is 7.75. The zero-order valence-electron chi connectivity index (χ0n) is 4.20. The van der Waals surface area contributed by atoms with Crippen LogP contribution in [0.4, 0.5) is 0 Å². The van der Waals surface area contributed by atoms with Crippen LogP contribution in [0, 0.1) is 0 Å². The molecule has 0 aromatic carbocycles. The molecular formula is C3H6O4Se. The Hall–Kier alpha value is -0.251.